The van der Waals surface area contributed by atoms with Gasteiger partial charge in [0.2, 0.25) is 0 Å². The Balaban J connectivity index is 2.08. The first kappa shape index (κ1) is 15.4. The van der Waals surface area contributed by atoms with E-state index in [1.807, 2.05) is 6.07 Å². The number of nitrogens with one attached hydrogen (secondary N) is 1. The van der Waals surface area contributed by atoms with E-state index in [0.717, 1.165) is 31.5 Å². The average molecular weight is 292 g/mol. The van der Waals surface area contributed by atoms with Crippen molar-refractivity contribution in [3.05, 3.63) is 24.0 Å². The van der Waals surface area contributed by atoms with Gasteiger partial charge in [0.1, 0.15) is 0 Å². The van der Waals surface area contributed by atoms with E-state index in [-0.39, 0.29) is 0 Å². The molecule has 1 aromatic heterocycles. The molecule has 1 aliphatic heterocycles. The van der Waals surface area contributed by atoms with E-state index in [1.54, 1.807) is 13.2 Å². The van der Waals surface area contributed by atoms with Gasteiger partial charge < -0.3 is 26.5 Å². The van der Waals surface area contributed by atoms with Gasteiger partial charge >= 0.3 is 0 Å². The van der Waals surface area contributed by atoms with Crippen LogP contribution in [0.2, 0.25) is 0 Å². The first-order chi connectivity index (χ1) is 10.1. The third kappa shape index (κ3) is 3.99. The van der Waals surface area contributed by atoms with Gasteiger partial charge in [-0.1, -0.05) is 0 Å². The molecule has 0 saturated carbocycles. The highest BCUT2D eigenvalue weighted by Gasteiger charge is 2.15. The predicted octanol–water partition coefficient (Wildman–Crippen LogP) is 0.105. The molecule has 0 aliphatic carbocycles. The summed E-state index contributed by atoms with van der Waals surface area (Å²) in [5.74, 6) is 7.24. The fraction of sp³-hybridized carbons (Fsp3) is 0.500. The Kier molecular flexibility index (Phi) is 5.24. The Morgan fingerprint density at radius 1 is 1.52 bits per heavy atom. The lowest BCUT2D eigenvalue weighted by molar-refractivity contribution is 0.215. The lowest BCUT2D eigenvalue weighted by atomic mass is 9.99. The van der Waals surface area contributed by atoms with Crippen LogP contribution in [0.15, 0.2) is 18.5 Å². The molecule has 2 heterocycles. The van der Waals surface area contributed by atoms with Crippen LogP contribution in [0.1, 0.15) is 18.4 Å². The number of rotatable bonds is 5. The first-order valence-corrected chi connectivity index (χ1v) is 7.11. The van der Waals surface area contributed by atoms with Gasteiger partial charge in [-0.2, -0.15) is 0 Å². The van der Waals surface area contributed by atoms with Gasteiger partial charge in [0.25, 0.3) is 0 Å². The van der Waals surface area contributed by atoms with E-state index < -0.39 is 0 Å². The lowest BCUT2D eigenvalue weighted by Crippen LogP contribution is -2.30. The number of hydrogen-bond acceptors (Lipinski definition) is 7. The molecule has 2 rings (SSSR count). The molecular weight excluding hydrogens is 268 g/mol. The fourth-order valence-corrected chi connectivity index (χ4v) is 2.38. The van der Waals surface area contributed by atoms with Gasteiger partial charge in [-0.25, -0.2) is 10.8 Å². The Bertz CT molecular complexity index is 496. The largest absolute Gasteiger partial charge is 0.489 e. The fourth-order valence-electron chi connectivity index (χ4n) is 2.38. The highest BCUT2D eigenvalue weighted by atomic mass is 16.5. The van der Waals surface area contributed by atoms with Gasteiger partial charge in [0.15, 0.2) is 11.6 Å². The maximum Gasteiger partial charge on any atom is 0.166 e. The number of ether oxygens (including phenoxy) is 1. The zero-order chi connectivity index (χ0) is 15.2. The van der Waals surface area contributed by atoms with Gasteiger partial charge in [0, 0.05) is 25.0 Å². The number of pyridine rings is 1. The van der Waals surface area contributed by atoms with Crippen LogP contribution in [0.4, 0.5) is 5.82 Å². The number of nitrogens with zero attached hydrogens (tertiary/aromatic N) is 2. The third-order valence-corrected chi connectivity index (χ3v) is 3.65. The molecule has 1 aromatic rings. The van der Waals surface area contributed by atoms with E-state index in [2.05, 4.69) is 10.3 Å². The second-order valence-electron chi connectivity index (χ2n) is 5.27. The normalized spacial score (nSPS) is 16.8. The number of nitrogen functional groups attached to an aromatic ring is 1. The molecule has 0 spiro atoms. The molecule has 0 radical (unpaired) electrons. The summed E-state index contributed by atoms with van der Waals surface area (Å²) in [6.45, 7) is 2.73. The van der Waals surface area contributed by atoms with Crippen molar-refractivity contribution in [3.63, 3.8) is 0 Å². The van der Waals surface area contributed by atoms with Crippen LogP contribution in [0.5, 0.6) is 5.75 Å². The van der Waals surface area contributed by atoms with Crippen molar-refractivity contribution in [1.82, 2.24) is 15.3 Å². The SMILES string of the molecule is CN(N)/C(=C\N)c1cnc(N)c(OCC2CCNCC2)c1. The van der Waals surface area contributed by atoms with Crippen molar-refractivity contribution in [2.24, 2.45) is 17.5 Å². The monoisotopic (exact) mass is 292 g/mol. The van der Waals surface area contributed by atoms with Crippen molar-refractivity contribution in [1.29, 1.82) is 0 Å². The standard InChI is InChI=1S/C14H24N6O/c1-20(17)12(7-15)11-6-13(14(16)19-8-11)21-9-10-2-4-18-5-3-10/h6-8,10,18H,2-5,9,15,17H2,1H3,(H2,16,19)/b12-7-. The molecule has 0 atom stereocenters. The number of piperidine rings is 1. The van der Waals surface area contributed by atoms with E-state index in [1.165, 1.54) is 11.2 Å². The predicted molar refractivity (Wildman–Crippen MR) is 83.9 cm³/mol. The number of anilines is 1. The van der Waals surface area contributed by atoms with Crippen molar-refractivity contribution in [2.75, 3.05) is 32.5 Å². The number of nitrogens with two attached hydrogens (primary N) is 3. The zero-order valence-corrected chi connectivity index (χ0v) is 12.4. The molecular formula is C14H24N6O. The topological polar surface area (TPSA) is 115 Å². The molecule has 0 bridgehead atoms. The van der Waals surface area contributed by atoms with Gasteiger partial charge in [-0.3, -0.25) is 0 Å². The van der Waals surface area contributed by atoms with Crippen molar-refractivity contribution in [2.45, 2.75) is 12.8 Å². The second kappa shape index (κ2) is 7.14. The minimum atomic E-state index is 0.378. The van der Waals surface area contributed by atoms with Crippen LogP contribution in [-0.2, 0) is 0 Å². The molecule has 21 heavy (non-hydrogen) atoms. The summed E-state index contributed by atoms with van der Waals surface area (Å²) in [4.78, 5) is 4.16. The number of aromatic nitrogens is 1. The van der Waals surface area contributed by atoms with E-state index in [0.29, 0.717) is 29.8 Å². The zero-order valence-electron chi connectivity index (χ0n) is 12.4. The van der Waals surface area contributed by atoms with Crippen LogP contribution in [-0.4, -0.2) is 36.7 Å². The van der Waals surface area contributed by atoms with E-state index >= 15 is 0 Å². The molecule has 7 N–H and O–H groups in total. The smallest absolute Gasteiger partial charge is 0.166 e. The molecule has 116 valence electrons. The molecule has 0 unspecified atom stereocenters. The van der Waals surface area contributed by atoms with Gasteiger partial charge in [-0.05, 0) is 37.9 Å². The van der Waals surface area contributed by atoms with Crippen LogP contribution >= 0.6 is 0 Å². The minimum absolute atomic E-state index is 0.378. The highest BCUT2D eigenvalue weighted by Crippen LogP contribution is 2.25. The van der Waals surface area contributed by atoms with E-state index in [4.69, 9.17) is 22.0 Å². The Hall–Kier alpha value is -1.99. The molecule has 0 aromatic carbocycles. The quantitative estimate of drug-likeness (QED) is 0.449. The molecule has 7 nitrogen and oxygen atoms in total. The third-order valence-electron chi connectivity index (χ3n) is 3.65. The van der Waals surface area contributed by atoms with E-state index in [9.17, 15) is 0 Å². The lowest BCUT2D eigenvalue weighted by Gasteiger charge is -2.23. The minimum Gasteiger partial charge on any atom is -0.489 e. The Morgan fingerprint density at radius 3 is 2.86 bits per heavy atom. The average Bonchev–Trinajstić information content (AvgIpc) is 2.49. The highest BCUT2D eigenvalue weighted by molar-refractivity contribution is 5.65. The molecule has 0 amide bonds. The summed E-state index contributed by atoms with van der Waals surface area (Å²) in [7, 11) is 1.71. The maximum absolute atomic E-state index is 5.88. The van der Waals surface area contributed by atoms with Crippen LogP contribution in [0.3, 0.4) is 0 Å². The number of hydrogen-bond donors (Lipinski definition) is 4. The number of hydrazine groups is 1. The maximum atomic E-state index is 5.88. The first-order valence-electron chi connectivity index (χ1n) is 7.11. The molecule has 7 heteroatoms. The van der Waals surface area contributed by atoms with Crippen molar-refractivity contribution >= 4 is 11.5 Å². The summed E-state index contributed by atoms with van der Waals surface area (Å²) < 4.78 is 5.85. The molecule has 1 fully saturated rings. The van der Waals surface area contributed by atoms with Gasteiger partial charge in [0.05, 0.1) is 12.3 Å². The van der Waals surface area contributed by atoms with Crippen molar-refractivity contribution < 1.29 is 4.74 Å². The van der Waals surface area contributed by atoms with Crippen LogP contribution in [0.25, 0.3) is 5.70 Å². The summed E-state index contributed by atoms with van der Waals surface area (Å²) in [6.07, 6.45) is 5.30. The summed E-state index contributed by atoms with van der Waals surface area (Å²) in [6, 6.07) is 1.82. The molecule has 1 aliphatic rings. The Morgan fingerprint density at radius 2 is 2.24 bits per heavy atom. The second-order valence-corrected chi connectivity index (χ2v) is 5.27. The van der Waals surface area contributed by atoms with Gasteiger partial charge in [-0.15, -0.1) is 0 Å². The van der Waals surface area contributed by atoms with Crippen LogP contribution in [0, 0.1) is 5.92 Å². The summed E-state index contributed by atoms with van der Waals surface area (Å²) >= 11 is 0. The summed E-state index contributed by atoms with van der Waals surface area (Å²) in [5.41, 5.74) is 12.9. The van der Waals surface area contributed by atoms with Crippen molar-refractivity contribution in [3.8, 4) is 5.75 Å². The Labute approximate surface area is 125 Å². The summed E-state index contributed by atoms with van der Waals surface area (Å²) in [5, 5.41) is 4.77. The molecule has 1 saturated heterocycles. The van der Waals surface area contributed by atoms with Crippen LogP contribution < -0.4 is 27.4 Å².